The van der Waals surface area contributed by atoms with E-state index < -0.39 is 0 Å². The van der Waals surface area contributed by atoms with Crippen LogP contribution in [0.5, 0.6) is 0 Å². The van der Waals surface area contributed by atoms with Gasteiger partial charge in [0.05, 0.1) is 17.6 Å². The lowest BCUT2D eigenvalue weighted by Crippen LogP contribution is -2.21. The maximum absolute atomic E-state index is 12.3. The molecule has 0 atom stereocenters. The van der Waals surface area contributed by atoms with Gasteiger partial charge in [-0.1, -0.05) is 29.5 Å². The van der Waals surface area contributed by atoms with Gasteiger partial charge in [0.1, 0.15) is 5.69 Å². The second kappa shape index (κ2) is 6.21. The monoisotopic (exact) mass is 335 g/mol. The first-order valence-electron chi connectivity index (χ1n) is 7.39. The first-order chi connectivity index (χ1) is 11.8. The standard InChI is InChI=1S/C17H13N5OS/c23-17(15-9-12-5-1-2-6-14(12)24-15)19-10-13-11-22(21-20-13)16-7-3-4-8-18-16/h1-9,11H,10H2,(H,19,23). The molecule has 1 N–H and O–H groups in total. The molecule has 118 valence electrons. The second-order valence-corrected chi connectivity index (χ2v) is 6.26. The molecule has 4 aromatic rings. The fraction of sp³-hybridized carbons (Fsp3) is 0.0588. The van der Waals surface area contributed by atoms with E-state index in [-0.39, 0.29) is 5.91 Å². The lowest BCUT2D eigenvalue weighted by molar-refractivity contribution is 0.0954. The van der Waals surface area contributed by atoms with E-state index in [9.17, 15) is 4.79 Å². The smallest absolute Gasteiger partial charge is 0.261 e. The zero-order valence-electron chi connectivity index (χ0n) is 12.6. The summed E-state index contributed by atoms with van der Waals surface area (Å²) in [4.78, 5) is 17.2. The van der Waals surface area contributed by atoms with Crippen molar-refractivity contribution >= 4 is 27.3 Å². The van der Waals surface area contributed by atoms with Gasteiger partial charge in [0.25, 0.3) is 5.91 Å². The quantitative estimate of drug-likeness (QED) is 0.622. The van der Waals surface area contributed by atoms with Crippen LogP contribution in [0, 0.1) is 0 Å². The molecule has 3 heterocycles. The third-order valence-electron chi connectivity index (χ3n) is 3.50. The van der Waals surface area contributed by atoms with Gasteiger partial charge in [-0.3, -0.25) is 4.79 Å². The van der Waals surface area contributed by atoms with Crippen LogP contribution in [0.25, 0.3) is 15.9 Å². The summed E-state index contributed by atoms with van der Waals surface area (Å²) in [6.45, 7) is 0.319. The molecule has 1 amide bonds. The number of fused-ring (bicyclic) bond motifs is 1. The number of aromatic nitrogens is 4. The number of carbonyl (C=O) groups is 1. The third-order valence-corrected chi connectivity index (χ3v) is 4.62. The largest absolute Gasteiger partial charge is 0.346 e. The van der Waals surface area contributed by atoms with Crippen LogP contribution in [-0.2, 0) is 6.54 Å². The Morgan fingerprint density at radius 2 is 2.04 bits per heavy atom. The van der Waals surface area contributed by atoms with Crippen LogP contribution in [0.4, 0.5) is 0 Å². The van der Waals surface area contributed by atoms with Crippen molar-refractivity contribution in [1.29, 1.82) is 0 Å². The predicted octanol–water partition coefficient (Wildman–Crippen LogP) is 2.81. The molecule has 6 nitrogen and oxygen atoms in total. The summed E-state index contributed by atoms with van der Waals surface area (Å²) in [5.41, 5.74) is 0.676. The topological polar surface area (TPSA) is 72.7 Å². The number of amides is 1. The van der Waals surface area contributed by atoms with Crippen LogP contribution in [0.2, 0.25) is 0 Å². The minimum absolute atomic E-state index is 0.108. The highest BCUT2D eigenvalue weighted by Gasteiger charge is 2.11. The van der Waals surface area contributed by atoms with Gasteiger partial charge in [0.15, 0.2) is 5.82 Å². The molecule has 0 radical (unpaired) electrons. The van der Waals surface area contributed by atoms with E-state index in [1.165, 1.54) is 11.3 Å². The highest BCUT2D eigenvalue weighted by Crippen LogP contribution is 2.25. The SMILES string of the molecule is O=C(NCc1cn(-c2ccccn2)nn1)c1cc2ccccc2s1. The summed E-state index contributed by atoms with van der Waals surface area (Å²) in [6.07, 6.45) is 3.45. The summed E-state index contributed by atoms with van der Waals surface area (Å²) in [5, 5.41) is 12.0. The molecule has 4 rings (SSSR count). The van der Waals surface area contributed by atoms with Gasteiger partial charge in [-0.25, -0.2) is 9.67 Å². The Balaban J connectivity index is 1.45. The first-order valence-corrected chi connectivity index (χ1v) is 8.21. The van der Waals surface area contributed by atoms with Crippen LogP contribution in [0.3, 0.4) is 0 Å². The van der Waals surface area contributed by atoms with Gasteiger partial charge >= 0.3 is 0 Å². The number of hydrogen-bond donors (Lipinski definition) is 1. The fourth-order valence-corrected chi connectivity index (χ4v) is 3.31. The number of rotatable bonds is 4. The summed E-state index contributed by atoms with van der Waals surface area (Å²) in [5.74, 6) is 0.579. The number of nitrogens with zero attached hydrogens (tertiary/aromatic N) is 4. The molecule has 24 heavy (non-hydrogen) atoms. The molecular formula is C17H13N5OS. The second-order valence-electron chi connectivity index (χ2n) is 5.17. The highest BCUT2D eigenvalue weighted by atomic mass is 32.1. The average Bonchev–Trinajstić information content (AvgIpc) is 3.27. The molecule has 1 aromatic carbocycles. The molecule has 0 unspecified atom stereocenters. The molecule has 0 saturated heterocycles. The van der Waals surface area contributed by atoms with Crippen molar-refractivity contribution < 1.29 is 4.79 Å². The Hall–Kier alpha value is -3.06. The summed E-state index contributed by atoms with van der Waals surface area (Å²) in [6, 6.07) is 15.4. The average molecular weight is 335 g/mol. The Kier molecular flexibility index (Phi) is 3.76. The molecule has 0 aliphatic heterocycles. The van der Waals surface area contributed by atoms with Crippen LogP contribution in [0.1, 0.15) is 15.4 Å². The highest BCUT2D eigenvalue weighted by molar-refractivity contribution is 7.20. The molecular weight excluding hydrogens is 322 g/mol. The molecule has 7 heteroatoms. The Morgan fingerprint density at radius 1 is 1.17 bits per heavy atom. The van der Waals surface area contributed by atoms with Crippen molar-refractivity contribution in [2.75, 3.05) is 0 Å². The minimum Gasteiger partial charge on any atom is -0.346 e. The van der Waals surface area contributed by atoms with Gasteiger partial charge < -0.3 is 5.32 Å². The molecule has 0 spiro atoms. The zero-order chi connectivity index (χ0) is 16.4. The van der Waals surface area contributed by atoms with Gasteiger partial charge in [0, 0.05) is 10.9 Å². The lowest BCUT2D eigenvalue weighted by atomic mass is 10.2. The molecule has 0 aliphatic rings. The van der Waals surface area contributed by atoms with Crippen molar-refractivity contribution in [3.05, 3.63) is 71.5 Å². The van der Waals surface area contributed by atoms with E-state index in [1.54, 1.807) is 17.1 Å². The van der Waals surface area contributed by atoms with Crippen LogP contribution in [0.15, 0.2) is 60.9 Å². The molecule has 0 bridgehead atoms. The van der Waals surface area contributed by atoms with E-state index in [0.29, 0.717) is 22.9 Å². The summed E-state index contributed by atoms with van der Waals surface area (Å²) < 4.78 is 2.68. The Labute approximate surface area is 141 Å². The predicted molar refractivity (Wildman–Crippen MR) is 92.1 cm³/mol. The fourth-order valence-electron chi connectivity index (χ4n) is 2.33. The Bertz CT molecular complexity index is 959. The van der Waals surface area contributed by atoms with Gasteiger partial charge in [-0.15, -0.1) is 16.4 Å². The van der Waals surface area contributed by atoms with Crippen molar-refractivity contribution in [3.8, 4) is 5.82 Å². The van der Waals surface area contributed by atoms with E-state index in [1.807, 2.05) is 48.5 Å². The van der Waals surface area contributed by atoms with Crippen molar-refractivity contribution in [3.63, 3.8) is 0 Å². The van der Waals surface area contributed by atoms with Gasteiger partial charge in [0.2, 0.25) is 0 Å². The third kappa shape index (κ3) is 2.89. The maximum atomic E-state index is 12.3. The van der Waals surface area contributed by atoms with Crippen molar-refractivity contribution in [2.45, 2.75) is 6.54 Å². The van der Waals surface area contributed by atoms with Crippen molar-refractivity contribution in [2.24, 2.45) is 0 Å². The van der Waals surface area contributed by atoms with E-state index in [0.717, 1.165) is 10.1 Å². The van der Waals surface area contributed by atoms with Crippen molar-refractivity contribution in [1.82, 2.24) is 25.3 Å². The van der Waals surface area contributed by atoms with E-state index in [4.69, 9.17) is 0 Å². The summed E-state index contributed by atoms with van der Waals surface area (Å²) in [7, 11) is 0. The maximum Gasteiger partial charge on any atom is 0.261 e. The zero-order valence-corrected chi connectivity index (χ0v) is 13.4. The number of hydrogen-bond acceptors (Lipinski definition) is 5. The van der Waals surface area contributed by atoms with Crippen LogP contribution < -0.4 is 5.32 Å². The normalized spacial score (nSPS) is 10.8. The molecule has 0 saturated carbocycles. The molecule has 3 aromatic heterocycles. The molecule has 0 aliphatic carbocycles. The number of pyridine rings is 1. The number of carbonyl (C=O) groups excluding carboxylic acids is 1. The van der Waals surface area contributed by atoms with Crippen LogP contribution in [-0.4, -0.2) is 25.9 Å². The van der Waals surface area contributed by atoms with Gasteiger partial charge in [-0.05, 0) is 29.7 Å². The van der Waals surface area contributed by atoms with E-state index in [2.05, 4.69) is 20.6 Å². The number of nitrogens with one attached hydrogen (secondary N) is 1. The van der Waals surface area contributed by atoms with Crippen LogP contribution >= 0.6 is 11.3 Å². The minimum atomic E-state index is -0.108. The van der Waals surface area contributed by atoms with E-state index >= 15 is 0 Å². The Morgan fingerprint density at radius 3 is 2.88 bits per heavy atom. The lowest BCUT2D eigenvalue weighted by Gasteiger charge is -1.99. The number of thiophene rings is 1. The first kappa shape index (κ1) is 14.5. The molecule has 0 fully saturated rings. The number of benzene rings is 1. The summed E-state index contributed by atoms with van der Waals surface area (Å²) >= 11 is 1.48. The van der Waals surface area contributed by atoms with Gasteiger partial charge in [-0.2, -0.15) is 0 Å².